The van der Waals surface area contributed by atoms with Crippen molar-refractivity contribution in [3.63, 3.8) is 0 Å². The van der Waals surface area contributed by atoms with Crippen LogP contribution in [0.4, 0.5) is 5.69 Å². The second-order valence-electron chi connectivity index (χ2n) is 6.21. The summed E-state index contributed by atoms with van der Waals surface area (Å²) in [5.74, 6) is 0.866. The Hall–Kier alpha value is -3.59. The summed E-state index contributed by atoms with van der Waals surface area (Å²) in [6.07, 6.45) is 1.75. The minimum Gasteiger partial charge on any atom is -0.497 e. The summed E-state index contributed by atoms with van der Waals surface area (Å²) in [6.45, 7) is 4.30. The Morgan fingerprint density at radius 3 is 2.47 bits per heavy atom. The monoisotopic (exact) mass is 423 g/mol. The van der Waals surface area contributed by atoms with Crippen LogP contribution in [0.1, 0.15) is 10.4 Å². The van der Waals surface area contributed by atoms with Gasteiger partial charge in [-0.05, 0) is 48.5 Å². The summed E-state index contributed by atoms with van der Waals surface area (Å²) in [6, 6.07) is 13.9. The molecule has 9 heteroatoms. The summed E-state index contributed by atoms with van der Waals surface area (Å²) in [5, 5.41) is 11.9. The van der Waals surface area contributed by atoms with Crippen molar-refractivity contribution in [2.75, 3.05) is 18.2 Å². The standard InChI is InChI=1S/C21H21N5O3S/c1-3-12-26-20(15-6-10-17(29-2)11-7-15)24-25-21(26)30-13-18(27)23-16-8-4-14(5-9-16)19(22)28/h3-11H,1,12-13H2,2H3,(H2,22,28)(H,23,27). The Labute approximate surface area is 178 Å². The molecule has 0 fully saturated rings. The van der Waals surface area contributed by atoms with Gasteiger partial charge in [-0.1, -0.05) is 17.8 Å². The summed E-state index contributed by atoms with van der Waals surface area (Å²) in [4.78, 5) is 23.4. The molecule has 0 aliphatic heterocycles. The van der Waals surface area contributed by atoms with Gasteiger partial charge in [0.15, 0.2) is 11.0 Å². The number of hydrogen-bond acceptors (Lipinski definition) is 6. The van der Waals surface area contributed by atoms with E-state index in [1.165, 1.54) is 11.8 Å². The predicted molar refractivity (Wildman–Crippen MR) is 117 cm³/mol. The Morgan fingerprint density at radius 1 is 1.17 bits per heavy atom. The van der Waals surface area contributed by atoms with Gasteiger partial charge in [-0.25, -0.2) is 0 Å². The normalized spacial score (nSPS) is 10.4. The van der Waals surface area contributed by atoms with Gasteiger partial charge in [0.05, 0.1) is 12.9 Å². The number of rotatable bonds is 9. The quantitative estimate of drug-likeness (QED) is 0.404. The van der Waals surface area contributed by atoms with E-state index in [0.717, 1.165) is 11.3 Å². The molecule has 2 amide bonds. The molecule has 0 aliphatic carbocycles. The first-order valence-corrected chi connectivity index (χ1v) is 10.0. The van der Waals surface area contributed by atoms with Crippen LogP contribution in [-0.2, 0) is 11.3 Å². The van der Waals surface area contributed by atoms with E-state index in [1.807, 2.05) is 28.8 Å². The molecule has 0 radical (unpaired) electrons. The lowest BCUT2D eigenvalue weighted by Gasteiger charge is -2.09. The summed E-state index contributed by atoms with van der Waals surface area (Å²) >= 11 is 1.28. The number of allylic oxidation sites excluding steroid dienone is 1. The molecular formula is C21H21N5O3S. The van der Waals surface area contributed by atoms with Crippen LogP contribution in [0, 0.1) is 0 Å². The largest absolute Gasteiger partial charge is 0.497 e. The first-order valence-electron chi connectivity index (χ1n) is 9.03. The molecule has 8 nitrogen and oxygen atoms in total. The number of nitrogens with one attached hydrogen (secondary N) is 1. The van der Waals surface area contributed by atoms with E-state index in [1.54, 1.807) is 37.5 Å². The Kier molecular flexibility index (Phi) is 6.87. The number of nitrogens with two attached hydrogens (primary N) is 1. The number of anilines is 1. The minimum atomic E-state index is -0.516. The molecule has 3 N–H and O–H groups in total. The van der Waals surface area contributed by atoms with Crippen molar-refractivity contribution in [3.05, 3.63) is 66.7 Å². The van der Waals surface area contributed by atoms with Gasteiger partial charge < -0.3 is 15.8 Å². The van der Waals surface area contributed by atoms with Crippen molar-refractivity contribution in [2.24, 2.45) is 5.73 Å². The van der Waals surface area contributed by atoms with Crippen LogP contribution in [-0.4, -0.2) is 39.4 Å². The zero-order chi connectivity index (χ0) is 21.5. The van der Waals surface area contributed by atoms with Gasteiger partial charge in [-0.3, -0.25) is 14.2 Å². The summed E-state index contributed by atoms with van der Waals surface area (Å²) < 4.78 is 7.09. The van der Waals surface area contributed by atoms with Crippen molar-refractivity contribution in [1.82, 2.24) is 14.8 Å². The fraction of sp³-hybridized carbons (Fsp3) is 0.143. The third-order valence-electron chi connectivity index (χ3n) is 4.16. The number of carbonyl (C=O) groups excluding carboxylic acids is 2. The van der Waals surface area contributed by atoms with E-state index in [-0.39, 0.29) is 11.7 Å². The smallest absolute Gasteiger partial charge is 0.248 e. The molecule has 154 valence electrons. The molecular weight excluding hydrogens is 402 g/mol. The Balaban J connectivity index is 1.68. The number of nitrogens with zero attached hydrogens (tertiary/aromatic N) is 3. The molecule has 0 unspecified atom stereocenters. The molecule has 1 heterocycles. The number of benzene rings is 2. The number of hydrogen-bond donors (Lipinski definition) is 2. The van der Waals surface area contributed by atoms with Crippen molar-refractivity contribution in [1.29, 1.82) is 0 Å². The number of thioether (sulfide) groups is 1. The lowest BCUT2D eigenvalue weighted by atomic mass is 10.2. The Bertz CT molecular complexity index is 1050. The Morgan fingerprint density at radius 2 is 1.87 bits per heavy atom. The maximum absolute atomic E-state index is 12.3. The van der Waals surface area contributed by atoms with E-state index in [0.29, 0.717) is 28.8 Å². The first kappa shape index (κ1) is 21.1. The van der Waals surface area contributed by atoms with Crippen LogP contribution in [0.25, 0.3) is 11.4 Å². The second kappa shape index (κ2) is 9.75. The van der Waals surface area contributed by atoms with Gasteiger partial charge in [0.25, 0.3) is 0 Å². The van der Waals surface area contributed by atoms with Crippen molar-refractivity contribution >= 4 is 29.3 Å². The van der Waals surface area contributed by atoms with Crippen molar-refractivity contribution in [2.45, 2.75) is 11.7 Å². The van der Waals surface area contributed by atoms with E-state index < -0.39 is 5.91 Å². The summed E-state index contributed by atoms with van der Waals surface area (Å²) in [5.41, 5.74) is 7.06. The fourth-order valence-electron chi connectivity index (χ4n) is 2.69. The maximum Gasteiger partial charge on any atom is 0.248 e. The first-order chi connectivity index (χ1) is 14.5. The van der Waals surface area contributed by atoms with Crippen LogP contribution < -0.4 is 15.8 Å². The highest BCUT2D eigenvalue weighted by molar-refractivity contribution is 7.99. The van der Waals surface area contributed by atoms with E-state index in [4.69, 9.17) is 10.5 Å². The van der Waals surface area contributed by atoms with Crippen LogP contribution in [0.2, 0.25) is 0 Å². The van der Waals surface area contributed by atoms with Crippen molar-refractivity contribution in [3.8, 4) is 17.1 Å². The molecule has 0 saturated heterocycles. The molecule has 2 aromatic carbocycles. The molecule has 3 rings (SSSR count). The van der Waals surface area contributed by atoms with Gasteiger partial charge in [0.2, 0.25) is 11.8 Å². The number of aromatic nitrogens is 3. The molecule has 0 spiro atoms. The lowest BCUT2D eigenvalue weighted by Crippen LogP contribution is -2.15. The van der Waals surface area contributed by atoms with Crippen LogP contribution >= 0.6 is 11.8 Å². The van der Waals surface area contributed by atoms with Crippen LogP contribution in [0.3, 0.4) is 0 Å². The molecule has 0 saturated carbocycles. The highest BCUT2D eigenvalue weighted by Gasteiger charge is 2.15. The third kappa shape index (κ3) is 5.06. The number of carbonyl (C=O) groups is 2. The fourth-order valence-corrected chi connectivity index (χ4v) is 3.44. The number of ether oxygens (including phenoxy) is 1. The van der Waals surface area contributed by atoms with E-state index >= 15 is 0 Å². The third-order valence-corrected chi connectivity index (χ3v) is 5.13. The van der Waals surface area contributed by atoms with Crippen LogP contribution in [0.5, 0.6) is 5.75 Å². The minimum absolute atomic E-state index is 0.148. The van der Waals surface area contributed by atoms with E-state index in [9.17, 15) is 9.59 Å². The molecule has 30 heavy (non-hydrogen) atoms. The van der Waals surface area contributed by atoms with Crippen molar-refractivity contribution < 1.29 is 14.3 Å². The zero-order valence-corrected chi connectivity index (χ0v) is 17.2. The van der Waals surface area contributed by atoms with Crippen LogP contribution in [0.15, 0.2) is 66.3 Å². The number of amides is 2. The van der Waals surface area contributed by atoms with Gasteiger partial charge in [0, 0.05) is 23.4 Å². The van der Waals surface area contributed by atoms with Gasteiger partial charge >= 0.3 is 0 Å². The number of primary amides is 1. The molecule has 0 atom stereocenters. The second-order valence-corrected chi connectivity index (χ2v) is 7.15. The summed E-state index contributed by atoms with van der Waals surface area (Å²) in [7, 11) is 1.61. The van der Waals surface area contributed by atoms with Gasteiger partial charge in [-0.2, -0.15) is 0 Å². The van der Waals surface area contributed by atoms with Gasteiger partial charge in [0.1, 0.15) is 5.75 Å². The average Bonchev–Trinajstić information content (AvgIpc) is 3.15. The molecule has 1 aromatic heterocycles. The molecule has 3 aromatic rings. The number of methoxy groups -OCH3 is 1. The molecule has 0 bridgehead atoms. The zero-order valence-electron chi connectivity index (χ0n) is 16.4. The predicted octanol–water partition coefficient (Wildman–Crippen LogP) is 2.97. The average molecular weight is 423 g/mol. The molecule has 0 aliphatic rings. The topological polar surface area (TPSA) is 112 Å². The lowest BCUT2D eigenvalue weighted by molar-refractivity contribution is -0.113. The maximum atomic E-state index is 12.3. The highest BCUT2D eigenvalue weighted by Crippen LogP contribution is 2.26. The SMILES string of the molecule is C=CCn1c(SCC(=O)Nc2ccc(C(N)=O)cc2)nnc1-c1ccc(OC)cc1. The highest BCUT2D eigenvalue weighted by atomic mass is 32.2. The van der Waals surface area contributed by atoms with Gasteiger partial charge in [-0.15, -0.1) is 16.8 Å². The van der Waals surface area contributed by atoms with E-state index in [2.05, 4.69) is 22.1 Å².